The molecular formula is C18H27ClO3. The Morgan fingerprint density at radius 1 is 1.14 bits per heavy atom. The number of benzene rings is 1. The van der Waals surface area contributed by atoms with Gasteiger partial charge >= 0.3 is 0 Å². The Labute approximate surface area is 138 Å². The van der Waals surface area contributed by atoms with Crippen LogP contribution in [-0.4, -0.2) is 25.4 Å². The van der Waals surface area contributed by atoms with Gasteiger partial charge in [0.2, 0.25) is 0 Å². The number of halogens is 1. The highest BCUT2D eigenvalue weighted by atomic mass is 35.5. The van der Waals surface area contributed by atoms with Crippen LogP contribution in [-0.2, 0) is 4.74 Å². The minimum absolute atomic E-state index is 0.347. The van der Waals surface area contributed by atoms with Crippen LogP contribution >= 0.6 is 11.6 Å². The maximum atomic E-state index is 6.38. The number of ether oxygens (including phenoxy) is 3. The van der Waals surface area contributed by atoms with Gasteiger partial charge in [-0.25, -0.2) is 0 Å². The smallest absolute Gasteiger partial charge is 0.141 e. The third-order valence-corrected chi connectivity index (χ3v) is 4.24. The van der Waals surface area contributed by atoms with Crippen molar-refractivity contribution in [3.63, 3.8) is 0 Å². The van der Waals surface area contributed by atoms with Crippen LogP contribution in [0.15, 0.2) is 12.1 Å². The molecule has 0 saturated carbocycles. The van der Waals surface area contributed by atoms with Crippen LogP contribution in [0.5, 0.6) is 11.5 Å². The van der Waals surface area contributed by atoms with Crippen LogP contribution in [0.25, 0.3) is 0 Å². The molecule has 0 aromatic heterocycles. The van der Waals surface area contributed by atoms with Crippen LogP contribution in [0.3, 0.4) is 0 Å². The summed E-state index contributed by atoms with van der Waals surface area (Å²) < 4.78 is 17.2. The summed E-state index contributed by atoms with van der Waals surface area (Å²) in [6.07, 6.45) is 3.67. The van der Waals surface area contributed by atoms with Crippen molar-refractivity contribution in [2.24, 2.45) is 0 Å². The van der Waals surface area contributed by atoms with Crippen LogP contribution in [0, 0.1) is 0 Å². The van der Waals surface area contributed by atoms with Crippen LogP contribution in [0.2, 0.25) is 5.02 Å². The molecule has 4 heteroatoms. The monoisotopic (exact) mass is 326 g/mol. The van der Waals surface area contributed by atoms with E-state index in [1.54, 1.807) is 0 Å². The first-order valence-electron chi connectivity index (χ1n) is 8.31. The van der Waals surface area contributed by atoms with Crippen molar-refractivity contribution in [2.75, 3.05) is 13.2 Å². The molecule has 0 aliphatic carbocycles. The Bertz CT molecular complexity index is 489. The second-order valence-corrected chi connectivity index (χ2v) is 6.44. The van der Waals surface area contributed by atoms with Gasteiger partial charge in [-0.2, -0.15) is 0 Å². The molecule has 0 amide bonds. The molecular weight excluding hydrogens is 300 g/mol. The summed E-state index contributed by atoms with van der Waals surface area (Å²) in [5.41, 5.74) is 1.14. The van der Waals surface area contributed by atoms with Gasteiger partial charge in [0.15, 0.2) is 0 Å². The fourth-order valence-corrected chi connectivity index (χ4v) is 2.77. The van der Waals surface area contributed by atoms with E-state index in [4.69, 9.17) is 25.8 Å². The quantitative estimate of drug-likeness (QED) is 0.584. The predicted molar refractivity (Wildman–Crippen MR) is 90.4 cm³/mol. The van der Waals surface area contributed by atoms with Crippen molar-refractivity contribution < 1.29 is 14.2 Å². The van der Waals surface area contributed by atoms with E-state index in [-0.39, 0.29) is 0 Å². The average Bonchev–Trinajstić information content (AvgIpc) is 3.19. The van der Waals surface area contributed by atoms with Crippen molar-refractivity contribution >= 4 is 11.6 Å². The molecule has 1 heterocycles. The zero-order valence-corrected chi connectivity index (χ0v) is 14.8. The molecule has 1 aliphatic rings. The highest BCUT2D eigenvalue weighted by molar-refractivity contribution is 6.32. The first kappa shape index (κ1) is 17.4. The molecule has 0 radical (unpaired) electrons. The van der Waals surface area contributed by atoms with Gasteiger partial charge in [-0.3, -0.25) is 0 Å². The van der Waals surface area contributed by atoms with Crippen molar-refractivity contribution in [3.8, 4) is 11.5 Å². The van der Waals surface area contributed by atoms with Crippen LogP contribution in [0.4, 0.5) is 0 Å². The van der Waals surface area contributed by atoms with Crippen LogP contribution < -0.4 is 9.47 Å². The minimum atomic E-state index is 0.347. The van der Waals surface area contributed by atoms with Crippen molar-refractivity contribution in [1.82, 2.24) is 0 Å². The third-order valence-electron chi connectivity index (χ3n) is 3.94. The summed E-state index contributed by atoms with van der Waals surface area (Å²) in [6.45, 7) is 9.86. The third kappa shape index (κ3) is 4.53. The van der Waals surface area contributed by atoms with E-state index in [1.165, 1.54) is 0 Å². The van der Waals surface area contributed by atoms with Crippen molar-refractivity contribution in [1.29, 1.82) is 0 Å². The Hall–Kier alpha value is -0.930. The lowest BCUT2D eigenvalue weighted by atomic mass is 9.94. The molecule has 2 rings (SSSR count). The zero-order chi connectivity index (χ0) is 16.1. The molecule has 3 nitrogen and oxygen atoms in total. The fourth-order valence-electron chi connectivity index (χ4n) is 2.55. The Morgan fingerprint density at radius 3 is 2.27 bits per heavy atom. The largest absolute Gasteiger partial charge is 0.493 e. The van der Waals surface area contributed by atoms with Crippen molar-refractivity contribution in [3.05, 3.63) is 22.7 Å². The normalized spacial score (nSPS) is 21.5. The van der Waals surface area contributed by atoms with Gasteiger partial charge in [-0.15, -0.1) is 0 Å². The maximum Gasteiger partial charge on any atom is 0.141 e. The topological polar surface area (TPSA) is 31.0 Å². The van der Waals surface area contributed by atoms with Gasteiger partial charge < -0.3 is 14.2 Å². The zero-order valence-electron chi connectivity index (χ0n) is 14.0. The molecule has 0 bridgehead atoms. The van der Waals surface area contributed by atoms with E-state index in [2.05, 4.69) is 27.7 Å². The van der Waals surface area contributed by atoms with Gasteiger partial charge in [0.25, 0.3) is 0 Å². The number of epoxide rings is 1. The van der Waals surface area contributed by atoms with E-state index in [1.807, 2.05) is 12.1 Å². The molecule has 3 unspecified atom stereocenters. The van der Waals surface area contributed by atoms with E-state index in [0.717, 1.165) is 30.6 Å². The molecule has 1 aliphatic heterocycles. The summed E-state index contributed by atoms with van der Waals surface area (Å²) in [4.78, 5) is 0. The van der Waals surface area contributed by atoms with Crippen LogP contribution in [0.1, 0.15) is 58.4 Å². The lowest BCUT2D eigenvalue weighted by molar-refractivity contribution is 0.297. The molecule has 1 aromatic carbocycles. The molecule has 1 saturated heterocycles. The lowest BCUT2D eigenvalue weighted by Crippen LogP contribution is -2.06. The SMILES string of the molecule is CCCOc1cc(OCCC)c(C(C)CC2OC2C)cc1Cl. The molecule has 0 spiro atoms. The summed E-state index contributed by atoms with van der Waals surface area (Å²) in [6, 6.07) is 3.94. The van der Waals surface area contributed by atoms with Gasteiger partial charge in [0, 0.05) is 6.07 Å². The van der Waals surface area contributed by atoms with E-state index >= 15 is 0 Å². The summed E-state index contributed by atoms with van der Waals surface area (Å²) in [7, 11) is 0. The molecule has 1 fully saturated rings. The fraction of sp³-hybridized carbons (Fsp3) is 0.667. The average molecular weight is 327 g/mol. The predicted octanol–water partition coefficient (Wildman–Crippen LogP) is 5.20. The summed E-state index contributed by atoms with van der Waals surface area (Å²) >= 11 is 6.38. The van der Waals surface area contributed by atoms with Crippen molar-refractivity contribution in [2.45, 2.75) is 65.1 Å². The van der Waals surface area contributed by atoms with E-state index in [9.17, 15) is 0 Å². The molecule has 22 heavy (non-hydrogen) atoms. The van der Waals surface area contributed by atoms with Gasteiger partial charge in [0.1, 0.15) is 11.5 Å². The Morgan fingerprint density at radius 2 is 1.73 bits per heavy atom. The first-order chi connectivity index (χ1) is 10.6. The Kier molecular flexibility index (Phi) is 6.39. The second-order valence-electron chi connectivity index (χ2n) is 6.03. The summed E-state index contributed by atoms with van der Waals surface area (Å²) in [5.74, 6) is 1.94. The Balaban J connectivity index is 2.19. The lowest BCUT2D eigenvalue weighted by Gasteiger charge is -2.19. The van der Waals surface area contributed by atoms with E-state index in [0.29, 0.717) is 42.1 Å². The van der Waals surface area contributed by atoms with Gasteiger partial charge in [0.05, 0.1) is 30.4 Å². The van der Waals surface area contributed by atoms with Gasteiger partial charge in [-0.1, -0.05) is 32.4 Å². The molecule has 0 N–H and O–H groups in total. The molecule has 124 valence electrons. The molecule has 3 atom stereocenters. The van der Waals surface area contributed by atoms with E-state index < -0.39 is 0 Å². The highest BCUT2D eigenvalue weighted by Crippen LogP contribution is 2.40. The number of hydrogen-bond donors (Lipinski definition) is 0. The minimum Gasteiger partial charge on any atom is -0.493 e. The maximum absolute atomic E-state index is 6.38. The van der Waals surface area contributed by atoms with Gasteiger partial charge in [-0.05, 0) is 43.7 Å². The number of hydrogen-bond acceptors (Lipinski definition) is 3. The first-order valence-corrected chi connectivity index (χ1v) is 8.69. The highest BCUT2D eigenvalue weighted by Gasteiger charge is 2.36. The second kappa shape index (κ2) is 8.07. The standard InChI is InChI=1S/C18H27ClO3/c1-5-7-20-17-11-18(21-8-6-2)15(19)10-14(17)12(3)9-16-13(4)22-16/h10-13,16H,5-9H2,1-4H3. The number of rotatable bonds is 9. The molecule has 1 aromatic rings. The summed E-state index contributed by atoms with van der Waals surface area (Å²) in [5, 5.41) is 0.656.